The van der Waals surface area contributed by atoms with E-state index < -0.39 is 0 Å². The van der Waals surface area contributed by atoms with Gasteiger partial charge in [-0.15, -0.1) is 0 Å². The van der Waals surface area contributed by atoms with E-state index >= 15 is 0 Å². The van der Waals surface area contributed by atoms with Gasteiger partial charge >= 0.3 is 0 Å². The normalized spacial score (nSPS) is 0. The molecule has 8 radical (unpaired) electrons. The van der Waals surface area contributed by atoms with E-state index in [1.165, 1.54) is 0 Å². The maximum atomic E-state index is 0. The minimum atomic E-state index is 0. The van der Waals surface area contributed by atoms with Crippen molar-refractivity contribution < 1.29 is 0 Å². The molecule has 0 spiro atoms. The van der Waals surface area contributed by atoms with Gasteiger partial charge in [0.2, 0.25) is 0 Å². The summed E-state index contributed by atoms with van der Waals surface area (Å²) < 4.78 is 0. The van der Waals surface area contributed by atoms with E-state index in [4.69, 9.17) is 0 Å². The van der Waals surface area contributed by atoms with Crippen molar-refractivity contribution in [1.29, 1.82) is 0 Å². The third kappa shape index (κ3) is 17.7. The van der Waals surface area contributed by atoms with Gasteiger partial charge in [-0.3, -0.25) is 0 Å². The molecule has 0 rings (SSSR count). The largest absolute Gasteiger partial charge is 0 e. The van der Waals surface area contributed by atoms with Crippen LogP contribution in [-0.4, -0.2) is 174 Å². The van der Waals surface area contributed by atoms with Gasteiger partial charge < -0.3 is 0 Å². The molecule has 0 aliphatic carbocycles. The molecule has 8 valence electrons. The first-order valence-corrected chi connectivity index (χ1v) is 0. The zero-order valence-electron chi connectivity index (χ0n) is 4.12. The van der Waals surface area contributed by atoms with Crippen molar-refractivity contribution in [2.75, 3.05) is 0 Å². The van der Waals surface area contributed by atoms with Gasteiger partial charge in [-0.25, -0.2) is 0 Å². The first-order chi connectivity index (χ1) is 0. The Morgan fingerprint density at radius 1 is 0.400 bits per heavy atom. The first-order valence-electron chi connectivity index (χ1n) is 0. The fraction of sp³-hybridized carbons (Fsp3) is 0. The van der Waals surface area contributed by atoms with Gasteiger partial charge in [0.05, 0.1) is 0 Å². The number of hydrogen-bond donors (Lipinski definition) is 0. The van der Waals surface area contributed by atoms with E-state index in [1.807, 2.05) is 0 Å². The summed E-state index contributed by atoms with van der Waals surface area (Å²) in [4.78, 5) is 0. The Balaban J connectivity index is 0. The van der Waals surface area contributed by atoms with Crippen LogP contribution in [-0.2, 0) is 0 Å². The molecule has 0 aliphatic heterocycles. The fourth-order valence-electron chi connectivity index (χ4n) is 0. The van der Waals surface area contributed by atoms with E-state index in [9.17, 15) is 0 Å². The zero-order valence-corrected chi connectivity index (χ0v) is 14.5. The Hall–Kier alpha value is 5.64. The summed E-state index contributed by atoms with van der Waals surface area (Å²) in [6.45, 7) is 0. The van der Waals surface area contributed by atoms with Crippen LogP contribution in [0, 0.1) is 0 Å². The van der Waals surface area contributed by atoms with Crippen LogP contribution in [0.15, 0.2) is 0 Å². The third-order valence-electron chi connectivity index (χ3n) is 0. The summed E-state index contributed by atoms with van der Waals surface area (Å²) >= 11 is 0. The molecule has 0 heterocycles. The molecule has 0 bridgehead atoms. The molecule has 5 heavy (non-hydrogen) atoms. The smallest absolute Gasteiger partial charge is 0 e. The molecule has 5 heteroatoms. The predicted molar refractivity (Wildman–Crippen MR) is 28.8 cm³/mol. The Labute approximate surface area is 168 Å². The summed E-state index contributed by atoms with van der Waals surface area (Å²) in [5.41, 5.74) is 0. The van der Waals surface area contributed by atoms with Crippen LogP contribution in [0.1, 0.15) is 0 Å². The quantitative estimate of drug-likeness (QED) is 0.454. The van der Waals surface area contributed by atoms with Gasteiger partial charge in [0, 0.05) is 174 Å². The molecule has 0 N–H and O–H groups in total. The summed E-state index contributed by atoms with van der Waals surface area (Å²) in [5.74, 6) is 0. The van der Waals surface area contributed by atoms with Crippen LogP contribution in [0.5, 0.6) is 0 Å². The summed E-state index contributed by atoms with van der Waals surface area (Å²) in [5, 5.41) is 0. The van der Waals surface area contributed by atoms with Gasteiger partial charge in [-0.2, -0.15) is 0 Å². The average Bonchev–Trinajstić information content (AvgIpc) is 0. The molecule has 0 saturated carbocycles. The molecule has 0 amide bonds. The molecule has 0 nitrogen and oxygen atoms in total. The topological polar surface area (TPSA) is 0 Å². The van der Waals surface area contributed by atoms with E-state index in [-0.39, 0.29) is 174 Å². The second-order valence-electron chi connectivity index (χ2n) is 0. The molecule has 0 unspecified atom stereocenters. The van der Waals surface area contributed by atoms with Gasteiger partial charge in [0.15, 0.2) is 0 Å². The maximum absolute atomic E-state index is 0. The summed E-state index contributed by atoms with van der Waals surface area (Å²) in [7, 11) is 0. The van der Waals surface area contributed by atoms with Crippen LogP contribution < -0.4 is 0 Å². The SMILES string of the molecule is [Li].[Li].[Sr].[Sr].[Sr]. The Morgan fingerprint density at radius 3 is 0.400 bits per heavy atom. The Morgan fingerprint density at radius 2 is 0.400 bits per heavy atom. The second kappa shape index (κ2) is 22.6. The standard InChI is InChI=1S/2Li.3Sr. The van der Waals surface area contributed by atoms with Crippen molar-refractivity contribution in [2.45, 2.75) is 0 Å². The molecular formula is Li2Sr3. The molecule has 0 fully saturated rings. The minimum Gasteiger partial charge on any atom is 0 e. The summed E-state index contributed by atoms with van der Waals surface area (Å²) in [6.07, 6.45) is 0. The van der Waals surface area contributed by atoms with E-state index in [0.29, 0.717) is 0 Å². The monoisotopic (exact) mass is 278 g/mol. The van der Waals surface area contributed by atoms with Crippen molar-refractivity contribution in [1.82, 2.24) is 0 Å². The molecule has 0 aliphatic rings. The van der Waals surface area contributed by atoms with E-state index in [0.717, 1.165) is 0 Å². The van der Waals surface area contributed by atoms with Crippen molar-refractivity contribution in [3.8, 4) is 0 Å². The van der Waals surface area contributed by atoms with Gasteiger partial charge in [-0.05, 0) is 0 Å². The minimum absolute atomic E-state index is 0. The molecule has 0 aromatic carbocycles. The molecular weight excluding hydrogens is 277 g/mol. The average molecular weight is 277 g/mol. The van der Waals surface area contributed by atoms with Crippen molar-refractivity contribution in [2.24, 2.45) is 0 Å². The first kappa shape index (κ1) is 31.1. The van der Waals surface area contributed by atoms with Crippen LogP contribution >= 0.6 is 0 Å². The van der Waals surface area contributed by atoms with Crippen molar-refractivity contribution in [3.63, 3.8) is 0 Å². The Bertz CT molecular complexity index is 4.85. The van der Waals surface area contributed by atoms with Crippen molar-refractivity contribution in [3.05, 3.63) is 0 Å². The van der Waals surface area contributed by atoms with Crippen molar-refractivity contribution >= 4 is 174 Å². The van der Waals surface area contributed by atoms with Gasteiger partial charge in [-0.1, -0.05) is 0 Å². The predicted octanol–water partition coefficient (Wildman–Crippen LogP) is -1.90. The summed E-state index contributed by atoms with van der Waals surface area (Å²) in [6, 6.07) is 0. The molecule has 0 saturated heterocycles. The fourth-order valence-corrected chi connectivity index (χ4v) is 0. The third-order valence-corrected chi connectivity index (χ3v) is 0. The van der Waals surface area contributed by atoms with Crippen LogP contribution in [0.3, 0.4) is 0 Å². The second-order valence-corrected chi connectivity index (χ2v) is 0. The number of rotatable bonds is 0. The van der Waals surface area contributed by atoms with Crippen LogP contribution in [0.2, 0.25) is 0 Å². The Kier molecular flexibility index (Phi) is 141. The zero-order chi connectivity index (χ0) is 0. The van der Waals surface area contributed by atoms with Crippen LogP contribution in [0.25, 0.3) is 0 Å². The molecule has 0 aromatic rings. The van der Waals surface area contributed by atoms with E-state index in [2.05, 4.69) is 0 Å². The van der Waals surface area contributed by atoms with Gasteiger partial charge in [0.1, 0.15) is 0 Å². The molecule has 0 atom stereocenters. The van der Waals surface area contributed by atoms with Gasteiger partial charge in [0.25, 0.3) is 0 Å². The maximum Gasteiger partial charge on any atom is 0 e. The molecule has 0 aromatic heterocycles. The van der Waals surface area contributed by atoms with Crippen LogP contribution in [0.4, 0.5) is 0 Å². The van der Waals surface area contributed by atoms with E-state index in [1.54, 1.807) is 0 Å². The number of hydrogen-bond acceptors (Lipinski definition) is 0.